The molecule has 0 aromatic heterocycles. The number of hydrogen-bond acceptors (Lipinski definition) is 4. The molecule has 9 heteroatoms. The van der Waals surface area contributed by atoms with Crippen molar-refractivity contribution in [3.8, 4) is 0 Å². The number of anilines is 1. The van der Waals surface area contributed by atoms with Gasteiger partial charge in [0.05, 0.1) is 10.6 Å². The van der Waals surface area contributed by atoms with Crippen LogP contribution in [0.3, 0.4) is 0 Å². The summed E-state index contributed by atoms with van der Waals surface area (Å²) in [5, 5.41) is 3.39. The summed E-state index contributed by atoms with van der Waals surface area (Å²) < 4.78 is 28.9. The number of nitrogens with zero attached hydrogens (tertiary/aromatic N) is 2. The Balaban J connectivity index is 2.04. The Hall–Kier alpha value is -3.36. The molecule has 0 saturated heterocycles. The maximum atomic E-state index is 13.9. The van der Waals surface area contributed by atoms with Crippen LogP contribution < -0.4 is 9.62 Å². The number of rotatable bonds is 11. The van der Waals surface area contributed by atoms with Crippen LogP contribution in [0.15, 0.2) is 77.7 Å². The number of nitrogens with one attached hydrogen (secondary N) is 1. The molecule has 0 radical (unpaired) electrons. The van der Waals surface area contributed by atoms with Gasteiger partial charge in [-0.1, -0.05) is 61.0 Å². The number of benzene rings is 3. The fourth-order valence-corrected chi connectivity index (χ4v) is 5.62. The summed E-state index contributed by atoms with van der Waals surface area (Å²) >= 11 is 6.04. The molecule has 1 N–H and O–H groups in total. The molecule has 202 valence electrons. The standard InChI is InChI=1S/C29H34ClN3O4S/c1-5-18-31-29(35)23(4)32(19-24-14-16-25(30)17-15-24)28(34)20-33(27-13-9-10-21(2)22(27)3)38(36,37)26-11-7-6-8-12-26/h6-17,23H,5,18-20H2,1-4H3,(H,31,35)/t23-/m0/s1. The molecular weight excluding hydrogens is 522 g/mol. The van der Waals surface area contributed by atoms with Crippen molar-refractivity contribution < 1.29 is 18.0 Å². The molecule has 0 aliphatic rings. The highest BCUT2D eigenvalue weighted by Gasteiger charge is 2.33. The second kappa shape index (κ2) is 12.9. The van der Waals surface area contributed by atoms with Crippen molar-refractivity contribution in [1.29, 1.82) is 0 Å². The number of halogens is 1. The SMILES string of the molecule is CCCNC(=O)[C@H](C)N(Cc1ccc(Cl)cc1)C(=O)CN(c1cccc(C)c1C)S(=O)(=O)c1ccccc1. The first kappa shape index (κ1) is 29.2. The van der Waals surface area contributed by atoms with Gasteiger partial charge < -0.3 is 10.2 Å². The van der Waals surface area contributed by atoms with E-state index < -0.39 is 28.5 Å². The van der Waals surface area contributed by atoms with Crippen molar-refractivity contribution in [3.63, 3.8) is 0 Å². The molecule has 0 aliphatic carbocycles. The highest BCUT2D eigenvalue weighted by atomic mass is 35.5. The Morgan fingerprint density at radius 3 is 2.24 bits per heavy atom. The molecule has 1 atom stereocenters. The molecular formula is C29H34ClN3O4S. The lowest BCUT2D eigenvalue weighted by atomic mass is 10.1. The molecule has 0 fully saturated rings. The number of carbonyl (C=O) groups is 2. The largest absolute Gasteiger partial charge is 0.354 e. The molecule has 3 aromatic carbocycles. The van der Waals surface area contributed by atoms with Crippen LogP contribution >= 0.6 is 11.6 Å². The van der Waals surface area contributed by atoms with Crippen LogP contribution in [0.25, 0.3) is 0 Å². The zero-order valence-corrected chi connectivity index (χ0v) is 23.7. The van der Waals surface area contributed by atoms with E-state index in [0.29, 0.717) is 17.3 Å². The van der Waals surface area contributed by atoms with Crippen molar-refractivity contribution in [2.45, 2.75) is 51.6 Å². The van der Waals surface area contributed by atoms with Gasteiger partial charge in [0.15, 0.2) is 0 Å². The second-order valence-corrected chi connectivity index (χ2v) is 11.5. The van der Waals surface area contributed by atoms with Crippen molar-refractivity contribution in [2.75, 3.05) is 17.4 Å². The van der Waals surface area contributed by atoms with Crippen LogP contribution in [-0.4, -0.2) is 44.3 Å². The van der Waals surface area contributed by atoms with Gasteiger partial charge >= 0.3 is 0 Å². The van der Waals surface area contributed by atoms with Crippen LogP contribution in [0.4, 0.5) is 5.69 Å². The number of sulfonamides is 1. The van der Waals surface area contributed by atoms with Crippen molar-refractivity contribution in [2.24, 2.45) is 0 Å². The summed E-state index contributed by atoms with van der Waals surface area (Å²) in [6, 6.07) is 19.5. The third-order valence-corrected chi connectivity index (χ3v) is 8.46. The second-order valence-electron chi connectivity index (χ2n) is 9.16. The first-order valence-corrected chi connectivity index (χ1v) is 14.3. The normalized spacial score (nSPS) is 12.0. The minimum Gasteiger partial charge on any atom is -0.354 e. The molecule has 0 heterocycles. The number of hydrogen-bond donors (Lipinski definition) is 1. The number of carbonyl (C=O) groups excluding carboxylic acids is 2. The Bertz CT molecular complexity index is 1360. The molecule has 2 amide bonds. The maximum Gasteiger partial charge on any atom is 0.264 e. The van der Waals surface area contributed by atoms with Gasteiger partial charge in [0.25, 0.3) is 10.0 Å². The molecule has 3 aromatic rings. The van der Waals surface area contributed by atoms with E-state index in [0.717, 1.165) is 27.4 Å². The average Bonchev–Trinajstić information content (AvgIpc) is 2.91. The van der Waals surface area contributed by atoms with E-state index in [1.54, 1.807) is 61.5 Å². The predicted octanol–water partition coefficient (Wildman–Crippen LogP) is 5.10. The van der Waals surface area contributed by atoms with Gasteiger partial charge in [0.1, 0.15) is 12.6 Å². The van der Waals surface area contributed by atoms with E-state index >= 15 is 0 Å². The van der Waals surface area contributed by atoms with E-state index in [-0.39, 0.29) is 17.3 Å². The van der Waals surface area contributed by atoms with E-state index in [4.69, 9.17) is 11.6 Å². The average molecular weight is 556 g/mol. The zero-order valence-electron chi connectivity index (χ0n) is 22.1. The molecule has 0 saturated carbocycles. The summed E-state index contributed by atoms with van der Waals surface area (Å²) in [6.45, 7) is 7.42. The monoisotopic (exact) mass is 555 g/mol. The van der Waals surface area contributed by atoms with E-state index in [9.17, 15) is 18.0 Å². The summed E-state index contributed by atoms with van der Waals surface area (Å²) in [5.41, 5.74) is 2.82. The van der Waals surface area contributed by atoms with E-state index in [1.165, 1.54) is 17.0 Å². The Morgan fingerprint density at radius 1 is 0.947 bits per heavy atom. The van der Waals surface area contributed by atoms with Gasteiger partial charge in [0.2, 0.25) is 11.8 Å². The third kappa shape index (κ3) is 6.94. The van der Waals surface area contributed by atoms with Gasteiger partial charge in [-0.15, -0.1) is 0 Å². The first-order chi connectivity index (χ1) is 18.1. The zero-order chi connectivity index (χ0) is 27.9. The van der Waals surface area contributed by atoms with Crippen LogP contribution in [0.2, 0.25) is 5.02 Å². The van der Waals surface area contributed by atoms with Crippen LogP contribution in [0, 0.1) is 13.8 Å². The summed E-state index contributed by atoms with van der Waals surface area (Å²) in [5.74, 6) is -0.808. The molecule has 0 unspecified atom stereocenters. The minimum atomic E-state index is -4.09. The van der Waals surface area contributed by atoms with Crippen LogP contribution in [0.5, 0.6) is 0 Å². The maximum absolute atomic E-state index is 13.9. The van der Waals surface area contributed by atoms with Crippen LogP contribution in [-0.2, 0) is 26.2 Å². The molecule has 7 nitrogen and oxygen atoms in total. The molecule has 0 aliphatic heterocycles. The summed E-state index contributed by atoms with van der Waals surface area (Å²) in [4.78, 5) is 28.3. The number of amides is 2. The van der Waals surface area contributed by atoms with Crippen molar-refractivity contribution >= 4 is 39.1 Å². The lowest BCUT2D eigenvalue weighted by molar-refractivity contribution is -0.139. The Kier molecular flexibility index (Phi) is 9.94. The van der Waals surface area contributed by atoms with Gasteiger partial charge in [-0.25, -0.2) is 8.42 Å². The smallest absolute Gasteiger partial charge is 0.264 e. The Morgan fingerprint density at radius 2 is 1.61 bits per heavy atom. The number of aryl methyl sites for hydroxylation is 1. The fourth-order valence-electron chi connectivity index (χ4n) is 4.00. The molecule has 38 heavy (non-hydrogen) atoms. The van der Waals surface area contributed by atoms with E-state index in [1.807, 2.05) is 26.8 Å². The summed E-state index contributed by atoms with van der Waals surface area (Å²) in [7, 11) is -4.09. The molecule has 0 spiro atoms. The predicted molar refractivity (Wildman–Crippen MR) is 152 cm³/mol. The van der Waals surface area contributed by atoms with Gasteiger partial charge in [-0.05, 0) is 74.2 Å². The van der Waals surface area contributed by atoms with E-state index in [2.05, 4.69) is 5.32 Å². The van der Waals surface area contributed by atoms with Crippen molar-refractivity contribution in [3.05, 3.63) is 94.5 Å². The van der Waals surface area contributed by atoms with Gasteiger partial charge in [0, 0.05) is 18.1 Å². The van der Waals surface area contributed by atoms with Gasteiger partial charge in [-0.3, -0.25) is 13.9 Å². The summed E-state index contributed by atoms with van der Waals surface area (Å²) in [6.07, 6.45) is 0.749. The minimum absolute atomic E-state index is 0.0756. The van der Waals surface area contributed by atoms with Crippen LogP contribution in [0.1, 0.15) is 37.0 Å². The molecule has 0 bridgehead atoms. The quantitative estimate of drug-likeness (QED) is 0.357. The third-order valence-electron chi connectivity index (χ3n) is 6.44. The Labute approximate surface area is 230 Å². The molecule has 3 rings (SSSR count). The van der Waals surface area contributed by atoms with Crippen molar-refractivity contribution in [1.82, 2.24) is 10.2 Å². The van der Waals surface area contributed by atoms with Gasteiger partial charge in [-0.2, -0.15) is 0 Å². The highest BCUT2D eigenvalue weighted by molar-refractivity contribution is 7.92. The highest BCUT2D eigenvalue weighted by Crippen LogP contribution is 2.29. The fraction of sp³-hybridized carbons (Fsp3) is 0.310. The first-order valence-electron chi connectivity index (χ1n) is 12.5. The topological polar surface area (TPSA) is 86.8 Å². The lowest BCUT2D eigenvalue weighted by Gasteiger charge is -2.32. The lowest BCUT2D eigenvalue weighted by Crippen LogP contribution is -2.51.